The van der Waals surface area contributed by atoms with Crippen LogP contribution in [-0.4, -0.2) is 13.5 Å². The lowest BCUT2D eigenvalue weighted by molar-refractivity contribution is -0.106. The molecule has 1 amide bonds. The van der Waals surface area contributed by atoms with Crippen molar-refractivity contribution in [2.24, 2.45) is 0 Å². The van der Waals surface area contributed by atoms with Gasteiger partial charge in [-0.05, 0) is 42.5 Å². The Bertz CT molecular complexity index is 479. The van der Waals surface area contributed by atoms with Crippen molar-refractivity contribution in [1.82, 2.24) is 0 Å². The fourth-order valence-electron chi connectivity index (χ4n) is 1.55. The number of hydrogen-bond acceptors (Lipinski definition) is 2. The van der Waals surface area contributed by atoms with E-state index in [4.69, 9.17) is 4.74 Å². The summed E-state index contributed by atoms with van der Waals surface area (Å²) in [6.45, 7) is 0. The van der Waals surface area contributed by atoms with E-state index in [-0.39, 0.29) is 0 Å². The molecule has 85 valence electrons. The van der Waals surface area contributed by atoms with Gasteiger partial charge < -0.3 is 4.74 Å². The fraction of sp³-hybridized carbons (Fsp3) is 0.0714. The highest BCUT2D eigenvalue weighted by atomic mass is 16.5. The van der Waals surface area contributed by atoms with Crippen molar-refractivity contribution in [3.05, 3.63) is 54.6 Å². The molecule has 0 aliphatic carbocycles. The van der Waals surface area contributed by atoms with Gasteiger partial charge in [0.2, 0.25) is 6.41 Å². The number of amides is 1. The molecule has 2 aromatic carbocycles. The lowest BCUT2D eigenvalue weighted by atomic mass is 10.2. The van der Waals surface area contributed by atoms with E-state index < -0.39 is 0 Å². The van der Waals surface area contributed by atoms with Gasteiger partial charge in [0.25, 0.3) is 0 Å². The number of carbonyl (C=O) groups excluding carboxylic acids is 1. The normalized spacial score (nSPS) is 9.71. The Labute approximate surface area is 100 Å². The van der Waals surface area contributed by atoms with Crippen LogP contribution in [0.3, 0.4) is 0 Å². The van der Waals surface area contributed by atoms with E-state index in [1.54, 1.807) is 24.1 Å². The zero-order chi connectivity index (χ0) is 12.1. The van der Waals surface area contributed by atoms with Crippen LogP contribution in [0.15, 0.2) is 48.5 Å². The van der Waals surface area contributed by atoms with E-state index in [9.17, 15) is 4.79 Å². The van der Waals surface area contributed by atoms with Gasteiger partial charge in [0.15, 0.2) is 0 Å². The molecule has 0 heterocycles. The van der Waals surface area contributed by atoms with Gasteiger partial charge in [-0.25, -0.2) is 0 Å². The first-order valence-electron chi connectivity index (χ1n) is 5.20. The predicted molar refractivity (Wildman–Crippen MR) is 66.5 cm³/mol. The van der Waals surface area contributed by atoms with Gasteiger partial charge in [-0.3, -0.25) is 9.69 Å². The summed E-state index contributed by atoms with van der Waals surface area (Å²) in [6.07, 6.45) is 0.789. The first kappa shape index (κ1) is 11.2. The van der Waals surface area contributed by atoms with Gasteiger partial charge in [0, 0.05) is 11.4 Å². The molecule has 17 heavy (non-hydrogen) atoms. The summed E-state index contributed by atoms with van der Waals surface area (Å²) in [5, 5.41) is 0. The summed E-state index contributed by atoms with van der Waals surface area (Å²) in [6, 6.07) is 17.4. The zero-order valence-corrected chi connectivity index (χ0v) is 9.46. The molecule has 0 aliphatic heterocycles. The summed E-state index contributed by atoms with van der Waals surface area (Å²) >= 11 is 0. The molecule has 2 aromatic rings. The Hall–Kier alpha value is -2.29. The largest absolute Gasteiger partial charge is 0.497 e. The Kier molecular flexibility index (Phi) is 3.40. The monoisotopic (exact) mass is 226 g/mol. The minimum atomic E-state index is 0.765. The lowest BCUT2D eigenvalue weighted by Gasteiger charge is -2.17. The molecule has 0 aliphatic rings. The lowest BCUT2D eigenvalue weighted by Crippen LogP contribution is -2.13. The van der Waals surface area contributed by atoms with Crippen LogP contribution in [0.25, 0.3) is 0 Å². The van der Waals surface area contributed by atoms with Crippen molar-refractivity contribution in [3.63, 3.8) is 0 Å². The van der Waals surface area contributed by atoms with Gasteiger partial charge in [0.1, 0.15) is 5.75 Å². The number of hydrogen-bond donors (Lipinski definition) is 0. The third-order valence-corrected chi connectivity index (χ3v) is 2.43. The van der Waals surface area contributed by atoms with Crippen molar-refractivity contribution >= 4 is 17.8 Å². The van der Waals surface area contributed by atoms with Crippen molar-refractivity contribution in [2.75, 3.05) is 12.0 Å². The van der Waals surface area contributed by atoms with Crippen LogP contribution in [-0.2, 0) is 4.79 Å². The molecule has 0 saturated carbocycles. The highest BCUT2D eigenvalue weighted by Gasteiger charge is 2.07. The molecule has 0 unspecified atom stereocenters. The molecule has 0 atom stereocenters. The molecule has 3 nitrogen and oxygen atoms in total. The van der Waals surface area contributed by atoms with Crippen molar-refractivity contribution in [2.45, 2.75) is 0 Å². The van der Waals surface area contributed by atoms with Gasteiger partial charge in [-0.15, -0.1) is 0 Å². The Morgan fingerprint density at radius 2 is 1.65 bits per heavy atom. The van der Waals surface area contributed by atoms with E-state index in [1.165, 1.54) is 0 Å². The molecule has 2 rings (SSSR count). The third-order valence-electron chi connectivity index (χ3n) is 2.43. The van der Waals surface area contributed by atoms with Gasteiger partial charge in [-0.1, -0.05) is 12.1 Å². The van der Waals surface area contributed by atoms with Gasteiger partial charge >= 0.3 is 0 Å². The summed E-state index contributed by atoms with van der Waals surface area (Å²) in [5.41, 5.74) is 1.61. The molecule has 0 spiro atoms. The summed E-state index contributed by atoms with van der Waals surface area (Å²) in [5.74, 6) is 0.765. The number of carbonyl (C=O) groups is 1. The molecule has 0 bridgehead atoms. The van der Waals surface area contributed by atoms with E-state index >= 15 is 0 Å². The van der Waals surface area contributed by atoms with Crippen LogP contribution >= 0.6 is 0 Å². The van der Waals surface area contributed by atoms with E-state index in [0.717, 1.165) is 23.5 Å². The molecule has 0 fully saturated rings. The van der Waals surface area contributed by atoms with E-state index in [0.29, 0.717) is 0 Å². The Morgan fingerprint density at radius 3 is 2.18 bits per heavy atom. The summed E-state index contributed by atoms with van der Waals surface area (Å²) in [7, 11) is 1.61. The minimum absolute atomic E-state index is 0.765. The molecule has 0 aromatic heterocycles. The smallest absolute Gasteiger partial charge is 0.218 e. The predicted octanol–water partition coefficient (Wildman–Crippen LogP) is 2.79. The quantitative estimate of drug-likeness (QED) is 0.750. The van der Waals surface area contributed by atoms with Crippen molar-refractivity contribution in [3.8, 4) is 5.75 Å². The third kappa shape index (κ3) is 2.45. The number of benzene rings is 2. The molecule has 0 N–H and O–H groups in total. The maximum atomic E-state index is 11.1. The number of methoxy groups -OCH3 is 1. The number of anilines is 2. The summed E-state index contributed by atoms with van der Waals surface area (Å²) in [4.78, 5) is 12.7. The van der Waals surface area contributed by atoms with Crippen LogP contribution in [0.1, 0.15) is 0 Å². The second kappa shape index (κ2) is 5.16. The number of ether oxygens (including phenoxy) is 1. The SMILES string of the molecule is COc1ccc(N(C=O)c2cc[c]cc2)cc1. The topological polar surface area (TPSA) is 29.5 Å². The van der Waals surface area contributed by atoms with Crippen molar-refractivity contribution in [1.29, 1.82) is 0 Å². The average Bonchev–Trinajstić information content (AvgIpc) is 2.42. The van der Waals surface area contributed by atoms with Gasteiger partial charge in [-0.2, -0.15) is 0 Å². The van der Waals surface area contributed by atoms with Crippen LogP contribution in [0.5, 0.6) is 5.75 Å². The Morgan fingerprint density at radius 1 is 1.06 bits per heavy atom. The van der Waals surface area contributed by atoms with Gasteiger partial charge in [0.05, 0.1) is 7.11 Å². The van der Waals surface area contributed by atoms with Crippen LogP contribution in [0.4, 0.5) is 11.4 Å². The maximum Gasteiger partial charge on any atom is 0.218 e. The molecule has 1 radical (unpaired) electrons. The average molecular weight is 226 g/mol. The van der Waals surface area contributed by atoms with Crippen LogP contribution < -0.4 is 9.64 Å². The molecular weight excluding hydrogens is 214 g/mol. The number of rotatable bonds is 4. The number of nitrogens with zero attached hydrogens (tertiary/aromatic N) is 1. The summed E-state index contributed by atoms with van der Waals surface area (Å²) < 4.78 is 5.08. The van der Waals surface area contributed by atoms with E-state index in [2.05, 4.69) is 6.07 Å². The second-order valence-electron chi connectivity index (χ2n) is 3.43. The first-order valence-corrected chi connectivity index (χ1v) is 5.20. The standard InChI is InChI=1S/C14H12NO2/c1-17-14-9-7-13(8-10-14)15(11-16)12-5-3-2-4-6-12/h3-11H,1H3. The maximum absolute atomic E-state index is 11.1. The van der Waals surface area contributed by atoms with Crippen molar-refractivity contribution < 1.29 is 9.53 Å². The molecule has 3 heteroatoms. The highest BCUT2D eigenvalue weighted by Crippen LogP contribution is 2.25. The Balaban J connectivity index is 2.32. The zero-order valence-electron chi connectivity index (χ0n) is 9.46. The molecular formula is C14H12NO2. The van der Waals surface area contributed by atoms with E-state index in [1.807, 2.05) is 36.4 Å². The molecule has 0 saturated heterocycles. The second-order valence-corrected chi connectivity index (χ2v) is 3.43. The van der Waals surface area contributed by atoms with Crippen LogP contribution in [0, 0.1) is 6.07 Å². The first-order chi connectivity index (χ1) is 8.35. The highest BCUT2D eigenvalue weighted by molar-refractivity contribution is 5.86. The minimum Gasteiger partial charge on any atom is -0.497 e. The fourth-order valence-corrected chi connectivity index (χ4v) is 1.55. The van der Waals surface area contributed by atoms with Crippen LogP contribution in [0.2, 0.25) is 0 Å².